The molecule has 5 nitrogen and oxygen atoms in total. The molecule has 1 saturated heterocycles. The smallest absolute Gasteiger partial charge is 0.172 e. The number of anilines is 1. The highest BCUT2D eigenvalue weighted by Gasteiger charge is 2.23. The Hall–Kier alpha value is -1.75. The van der Waals surface area contributed by atoms with Crippen LogP contribution in [0.2, 0.25) is 0 Å². The van der Waals surface area contributed by atoms with Gasteiger partial charge in [-0.25, -0.2) is 0 Å². The lowest BCUT2D eigenvalue weighted by atomic mass is 10.0. The van der Waals surface area contributed by atoms with Gasteiger partial charge in [-0.1, -0.05) is 16.8 Å². The molecule has 1 aromatic rings. The minimum absolute atomic E-state index is 0.166. The average molecular weight is 276 g/mol. The number of aryl methyl sites for hydroxylation is 1. The van der Waals surface area contributed by atoms with Crippen molar-refractivity contribution in [3.05, 3.63) is 29.3 Å². The Morgan fingerprint density at radius 3 is 2.90 bits per heavy atom. The number of rotatable bonds is 3. The Labute approximate surface area is 120 Å². The normalized spacial score (nSPS) is 20.9. The summed E-state index contributed by atoms with van der Waals surface area (Å²) in [7, 11) is 4.24. The number of nitrogens with zero attached hydrogens (tertiary/aromatic N) is 3. The molecule has 0 saturated carbocycles. The van der Waals surface area contributed by atoms with Crippen molar-refractivity contribution in [3.63, 3.8) is 0 Å². The highest BCUT2D eigenvalue weighted by atomic mass is 16.4. The van der Waals surface area contributed by atoms with Crippen LogP contribution in [0.3, 0.4) is 0 Å². The molecular weight excluding hydrogens is 252 g/mol. The quantitative estimate of drug-likeness (QED) is 0.381. The van der Waals surface area contributed by atoms with Crippen molar-refractivity contribution in [2.24, 2.45) is 10.9 Å². The SMILES string of the molecule is Cc1ccc(N(C)C2CCCN(C)C2)c(/C(N)=N/O)c1. The maximum absolute atomic E-state index is 8.97. The first-order chi connectivity index (χ1) is 9.52. The van der Waals surface area contributed by atoms with E-state index in [-0.39, 0.29) is 5.84 Å². The lowest BCUT2D eigenvalue weighted by Crippen LogP contribution is -2.45. The van der Waals surface area contributed by atoms with Gasteiger partial charge in [-0.3, -0.25) is 0 Å². The van der Waals surface area contributed by atoms with E-state index < -0.39 is 0 Å². The predicted molar refractivity (Wildman–Crippen MR) is 82.6 cm³/mol. The van der Waals surface area contributed by atoms with Gasteiger partial charge in [0, 0.05) is 30.9 Å². The zero-order chi connectivity index (χ0) is 14.7. The van der Waals surface area contributed by atoms with Gasteiger partial charge in [-0.2, -0.15) is 0 Å². The molecule has 1 atom stereocenters. The van der Waals surface area contributed by atoms with Crippen molar-refractivity contribution in [2.75, 3.05) is 32.1 Å². The third-order valence-electron chi connectivity index (χ3n) is 4.06. The van der Waals surface area contributed by atoms with E-state index >= 15 is 0 Å². The largest absolute Gasteiger partial charge is 0.409 e. The van der Waals surface area contributed by atoms with Gasteiger partial charge in [-0.05, 0) is 45.5 Å². The van der Waals surface area contributed by atoms with Crippen molar-refractivity contribution in [1.82, 2.24) is 4.90 Å². The monoisotopic (exact) mass is 276 g/mol. The van der Waals surface area contributed by atoms with Gasteiger partial charge in [0.15, 0.2) is 5.84 Å². The second kappa shape index (κ2) is 6.13. The van der Waals surface area contributed by atoms with Crippen LogP contribution in [-0.2, 0) is 0 Å². The van der Waals surface area contributed by atoms with Crippen LogP contribution in [-0.4, -0.2) is 49.2 Å². The summed E-state index contributed by atoms with van der Waals surface area (Å²) in [6.07, 6.45) is 2.38. The van der Waals surface area contributed by atoms with Crippen molar-refractivity contribution < 1.29 is 5.21 Å². The first-order valence-electron chi connectivity index (χ1n) is 7.03. The van der Waals surface area contributed by atoms with Gasteiger partial charge in [0.25, 0.3) is 0 Å². The summed E-state index contributed by atoms with van der Waals surface area (Å²) < 4.78 is 0. The molecule has 0 bridgehead atoms. The summed E-state index contributed by atoms with van der Waals surface area (Å²) in [6, 6.07) is 6.54. The number of nitrogens with two attached hydrogens (primary N) is 1. The lowest BCUT2D eigenvalue weighted by molar-refractivity contribution is 0.248. The minimum Gasteiger partial charge on any atom is -0.409 e. The summed E-state index contributed by atoms with van der Waals surface area (Å²) in [5.41, 5.74) is 8.74. The average Bonchev–Trinajstić information content (AvgIpc) is 2.45. The summed E-state index contributed by atoms with van der Waals surface area (Å²) in [4.78, 5) is 4.60. The van der Waals surface area contributed by atoms with E-state index in [1.165, 1.54) is 12.8 Å². The molecule has 1 fully saturated rings. The van der Waals surface area contributed by atoms with E-state index in [0.29, 0.717) is 6.04 Å². The first-order valence-corrected chi connectivity index (χ1v) is 7.03. The predicted octanol–water partition coefficient (Wildman–Crippen LogP) is 1.62. The molecule has 0 aliphatic carbocycles. The Morgan fingerprint density at radius 2 is 2.25 bits per heavy atom. The molecule has 1 aliphatic heterocycles. The van der Waals surface area contributed by atoms with Crippen LogP contribution >= 0.6 is 0 Å². The van der Waals surface area contributed by atoms with E-state index in [0.717, 1.165) is 29.9 Å². The number of amidine groups is 1. The third-order valence-corrected chi connectivity index (χ3v) is 4.06. The molecule has 0 aromatic heterocycles. The second-order valence-corrected chi connectivity index (χ2v) is 5.68. The van der Waals surface area contributed by atoms with E-state index in [9.17, 15) is 0 Å². The number of likely N-dealkylation sites (tertiary alicyclic amines) is 1. The van der Waals surface area contributed by atoms with Crippen molar-refractivity contribution in [3.8, 4) is 0 Å². The van der Waals surface area contributed by atoms with Crippen LogP contribution in [0.25, 0.3) is 0 Å². The van der Waals surface area contributed by atoms with Gasteiger partial charge < -0.3 is 20.7 Å². The lowest BCUT2D eigenvalue weighted by Gasteiger charge is -2.37. The molecule has 1 aromatic carbocycles. The molecule has 1 unspecified atom stereocenters. The first kappa shape index (κ1) is 14.7. The number of likely N-dealkylation sites (N-methyl/N-ethyl adjacent to an activating group) is 2. The zero-order valence-corrected chi connectivity index (χ0v) is 12.5. The van der Waals surface area contributed by atoms with E-state index in [2.05, 4.69) is 41.2 Å². The minimum atomic E-state index is 0.166. The summed E-state index contributed by atoms with van der Waals surface area (Å²) >= 11 is 0. The van der Waals surface area contributed by atoms with Crippen LogP contribution in [0.1, 0.15) is 24.0 Å². The van der Waals surface area contributed by atoms with Crippen LogP contribution in [0, 0.1) is 6.92 Å². The van der Waals surface area contributed by atoms with Gasteiger partial charge in [0.1, 0.15) is 0 Å². The molecule has 3 N–H and O–H groups in total. The Morgan fingerprint density at radius 1 is 1.50 bits per heavy atom. The molecule has 0 radical (unpaired) electrons. The van der Waals surface area contributed by atoms with Crippen LogP contribution in [0.15, 0.2) is 23.4 Å². The van der Waals surface area contributed by atoms with Gasteiger partial charge >= 0.3 is 0 Å². The summed E-state index contributed by atoms with van der Waals surface area (Å²) in [6.45, 7) is 4.21. The number of oxime groups is 1. The number of hydrogen-bond donors (Lipinski definition) is 2. The fourth-order valence-electron chi connectivity index (χ4n) is 2.87. The maximum Gasteiger partial charge on any atom is 0.172 e. The molecule has 1 aliphatic rings. The Kier molecular flexibility index (Phi) is 4.49. The van der Waals surface area contributed by atoms with Gasteiger partial charge in [0.05, 0.1) is 0 Å². The van der Waals surface area contributed by atoms with Crippen LogP contribution < -0.4 is 10.6 Å². The molecule has 20 heavy (non-hydrogen) atoms. The van der Waals surface area contributed by atoms with Crippen molar-refractivity contribution in [2.45, 2.75) is 25.8 Å². The highest BCUT2D eigenvalue weighted by Crippen LogP contribution is 2.25. The highest BCUT2D eigenvalue weighted by molar-refractivity contribution is 6.02. The molecule has 110 valence electrons. The van der Waals surface area contributed by atoms with E-state index in [4.69, 9.17) is 10.9 Å². The van der Waals surface area contributed by atoms with Crippen LogP contribution in [0.5, 0.6) is 0 Å². The zero-order valence-electron chi connectivity index (χ0n) is 12.5. The van der Waals surface area contributed by atoms with Gasteiger partial charge in [-0.15, -0.1) is 0 Å². The van der Waals surface area contributed by atoms with E-state index in [1.54, 1.807) is 0 Å². The van der Waals surface area contributed by atoms with Crippen molar-refractivity contribution in [1.29, 1.82) is 0 Å². The second-order valence-electron chi connectivity index (χ2n) is 5.68. The molecule has 5 heteroatoms. The number of hydrogen-bond acceptors (Lipinski definition) is 4. The molecule has 2 rings (SSSR count). The fourth-order valence-corrected chi connectivity index (χ4v) is 2.87. The summed E-state index contributed by atoms with van der Waals surface area (Å²) in [5.74, 6) is 0.166. The number of piperidine rings is 1. The molecule has 0 amide bonds. The topological polar surface area (TPSA) is 65.1 Å². The van der Waals surface area contributed by atoms with Gasteiger partial charge in [0.2, 0.25) is 0 Å². The molecular formula is C15H24N4O. The maximum atomic E-state index is 8.97. The van der Waals surface area contributed by atoms with Crippen molar-refractivity contribution >= 4 is 11.5 Å². The molecule has 1 heterocycles. The summed E-state index contributed by atoms with van der Waals surface area (Å²) in [5, 5.41) is 12.1. The van der Waals surface area contributed by atoms with Crippen LogP contribution in [0.4, 0.5) is 5.69 Å². The standard InChI is InChI=1S/C15H24N4O/c1-11-6-7-14(13(9-11)15(16)17-20)19(3)12-5-4-8-18(2)10-12/h6-7,9,12,20H,4-5,8,10H2,1-3H3,(H2,16,17). The molecule has 0 spiro atoms. The Bertz CT molecular complexity index is 501. The fraction of sp³-hybridized carbons (Fsp3) is 0.533. The number of benzene rings is 1. The Balaban J connectivity index is 2.31. The third kappa shape index (κ3) is 3.04. The van der Waals surface area contributed by atoms with E-state index in [1.807, 2.05) is 13.0 Å².